The van der Waals surface area contributed by atoms with Crippen LogP contribution in [0.15, 0.2) is 0 Å². The van der Waals surface area contributed by atoms with Gasteiger partial charge in [0.2, 0.25) is 0 Å². The summed E-state index contributed by atoms with van der Waals surface area (Å²) in [5.41, 5.74) is 1.85. The lowest BCUT2D eigenvalue weighted by molar-refractivity contribution is 0.446. The zero-order valence-corrected chi connectivity index (χ0v) is 11.1. The minimum absolute atomic E-state index is 0.332. The predicted octanol–water partition coefficient (Wildman–Crippen LogP) is 3.32. The summed E-state index contributed by atoms with van der Waals surface area (Å²) in [6.45, 7) is 11.5. The summed E-state index contributed by atoms with van der Waals surface area (Å²) in [4.78, 5) is 0. The van der Waals surface area contributed by atoms with Crippen LogP contribution in [0.25, 0.3) is 0 Å². The van der Waals surface area contributed by atoms with E-state index >= 15 is 0 Å². The molecule has 0 radical (unpaired) electrons. The van der Waals surface area contributed by atoms with Crippen molar-refractivity contribution >= 4 is 0 Å². The first-order valence-corrected chi connectivity index (χ1v) is 6.29. The topological polar surface area (TPSA) is 38.0 Å². The van der Waals surface area contributed by atoms with Crippen molar-refractivity contribution in [2.45, 2.75) is 59.9 Å². The largest absolute Gasteiger partial charge is 0.504 e. The molecule has 3 heteroatoms. The van der Waals surface area contributed by atoms with E-state index in [0.717, 1.165) is 30.8 Å². The molecule has 0 aliphatic carbocycles. The number of aromatic hydroxyl groups is 1. The first-order valence-electron chi connectivity index (χ1n) is 6.29. The second kappa shape index (κ2) is 5.37. The lowest BCUT2D eigenvalue weighted by Crippen LogP contribution is -2.06. The zero-order chi connectivity index (χ0) is 12.3. The molecule has 1 unspecified atom stereocenters. The van der Waals surface area contributed by atoms with Gasteiger partial charge in [0.1, 0.15) is 5.69 Å². The Morgan fingerprint density at radius 1 is 1.25 bits per heavy atom. The van der Waals surface area contributed by atoms with Crippen LogP contribution in [-0.2, 0) is 13.0 Å². The highest BCUT2D eigenvalue weighted by Crippen LogP contribution is 2.31. The second-order valence-corrected chi connectivity index (χ2v) is 4.90. The van der Waals surface area contributed by atoms with Crippen molar-refractivity contribution in [3.05, 3.63) is 11.4 Å². The maximum absolute atomic E-state index is 10.2. The van der Waals surface area contributed by atoms with Crippen LogP contribution in [0.5, 0.6) is 5.75 Å². The molecule has 16 heavy (non-hydrogen) atoms. The Bertz CT molecular complexity index is 342. The molecule has 0 saturated carbocycles. The van der Waals surface area contributed by atoms with Gasteiger partial charge in [-0.3, -0.25) is 4.68 Å². The summed E-state index contributed by atoms with van der Waals surface area (Å²) in [5.74, 6) is 1.29. The van der Waals surface area contributed by atoms with Crippen molar-refractivity contribution in [2.75, 3.05) is 0 Å². The molecule has 0 saturated heterocycles. The maximum atomic E-state index is 10.2. The summed E-state index contributed by atoms with van der Waals surface area (Å²) in [5, 5.41) is 14.7. The highest BCUT2D eigenvalue weighted by Gasteiger charge is 2.20. The van der Waals surface area contributed by atoms with Gasteiger partial charge in [-0.25, -0.2) is 0 Å². The van der Waals surface area contributed by atoms with Gasteiger partial charge in [-0.05, 0) is 25.7 Å². The van der Waals surface area contributed by atoms with Crippen LogP contribution in [0, 0.1) is 5.92 Å². The van der Waals surface area contributed by atoms with E-state index in [4.69, 9.17) is 0 Å². The minimum atomic E-state index is 0.332. The molecule has 0 aromatic carbocycles. The SMILES string of the molecule is CCC(C)c1nn(CC)c(CC(C)C)c1O. The average Bonchev–Trinajstić information content (AvgIpc) is 2.55. The van der Waals surface area contributed by atoms with Gasteiger partial charge in [0, 0.05) is 12.5 Å². The van der Waals surface area contributed by atoms with Crippen LogP contribution < -0.4 is 0 Å². The standard InChI is InChI=1S/C13H24N2O/c1-6-10(5)12-13(16)11(8-9(3)4)15(7-2)14-12/h9-10,16H,6-8H2,1-5H3. The van der Waals surface area contributed by atoms with Crippen molar-refractivity contribution in [1.29, 1.82) is 0 Å². The minimum Gasteiger partial charge on any atom is -0.504 e. The molecule has 1 aromatic heterocycles. The fourth-order valence-electron chi connectivity index (χ4n) is 1.88. The first-order chi connectivity index (χ1) is 7.51. The molecule has 0 amide bonds. The monoisotopic (exact) mass is 224 g/mol. The summed E-state index contributed by atoms with van der Waals surface area (Å²) >= 11 is 0. The molecule has 1 aromatic rings. The van der Waals surface area contributed by atoms with Crippen LogP contribution >= 0.6 is 0 Å². The van der Waals surface area contributed by atoms with E-state index in [2.05, 4.69) is 39.7 Å². The Hall–Kier alpha value is -0.990. The molecular weight excluding hydrogens is 200 g/mol. The first kappa shape index (κ1) is 13.1. The molecule has 0 fully saturated rings. The Morgan fingerprint density at radius 3 is 2.31 bits per heavy atom. The van der Waals surface area contributed by atoms with Crippen LogP contribution in [-0.4, -0.2) is 14.9 Å². The van der Waals surface area contributed by atoms with Crippen LogP contribution in [0.4, 0.5) is 0 Å². The van der Waals surface area contributed by atoms with E-state index in [9.17, 15) is 5.11 Å². The third kappa shape index (κ3) is 2.57. The molecule has 3 nitrogen and oxygen atoms in total. The van der Waals surface area contributed by atoms with Crippen LogP contribution in [0.2, 0.25) is 0 Å². The predicted molar refractivity (Wildman–Crippen MR) is 66.8 cm³/mol. The van der Waals surface area contributed by atoms with Crippen molar-refractivity contribution in [3.63, 3.8) is 0 Å². The number of hydrogen-bond donors (Lipinski definition) is 1. The van der Waals surface area contributed by atoms with Gasteiger partial charge in [0.05, 0.1) is 5.69 Å². The van der Waals surface area contributed by atoms with Gasteiger partial charge < -0.3 is 5.11 Å². The van der Waals surface area contributed by atoms with Gasteiger partial charge in [0.25, 0.3) is 0 Å². The van der Waals surface area contributed by atoms with E-state index in [-0.39, 0.29) is 0 Å². The summed E-state index contributed by atoms with van der Waals surface area (Å²) in [6, 6.07) is 0. The van der Waals surface area contributed by atoms with Gasteiger partial charge in [-0.2, -0.15) is 5.10 Å². The highest BCUT2D eigenvalue weighted by molar-refractivity contribution is 5.34. The third-order valence-electron chi connectivity index (χ3n) is 3.04. The molecule has 1 N–H and O–H groups in total. The van der Waals surface area contributed by atoms with Crippen molar-refractivity contribution < 1.29 is 5.11 Å². The zero-order valence-electron chi connectivity index (χ0n) is 11.1. The van der Waals surface area contributed by atoms with Crippen molar-refractivity contribution in [3.8, 4) is 5.75 Å². The fourth-order valence-corrected chi connectivity index (χ4v) is 1.88. The number of aryl methyl sites for hydroxylation is 1. The van der Waals surface area contributed by atoms with E-state index in [1.807, 2.05) is 4.68 Å². The quantitative estimate of drug-likeness (QED) is 0.833. The Kier molecular flexibility index (Phi) is 4.39. The summed E-state index contributed by atoms with van der Waals surface area (Å²) in [7, 11) is 0. The lowest BCUT2D eigenvalue weighted by Gasteiger charge is -2.07. The molecule has 1 rings (SSSR count). The molecule has 1 heterocycles. The van der Waals surface area contributed by atoms with Gasteiger partial charge in [0.15, 0.2) is 5.75 Å². The lowest BCUT2D eigenvalue weighted by atomic mass is 10.0. The van der Waals surface area contributed by atoms with Crippen molar-refractivity contribution in [2.24, 2.45) is 5.92 Å². The molecule has 92 valence electrons. The summed E-state index contributed by atoms with van der Waals surface area (Å²) in [6.07, 6.45) is 1.90. The molecule has 0 aliphatic rings. The van der Waals surface area contributed by atoms with E-state index < -0.39 is 0 Å². The van der Waals surface area contributed by atoms with Gasteiger partial charge in [-0.1, -0.05) is 27.7 Å². The van der Waals surface area contributed by atoms with E-state index in [0.29, 0.717) is 17.6 Å². The fraction of sp³-hybridized carbons (Fsp3) is 0.769. The smallest absolute Gasteiger partial charge is 0.160 e. The Morgan fingerprint density at radius 2 is 1.88 bits per heavy atom. The summed E-state index contributed by atoms with van der Waals surface area (Å²) < 4.78 is 1.94. The molecule has 0 aliphatic heterocycles. The molecular formula is C13H24N2O. The van der Waals surface area contributed by atoms with Gasteiger partial charge in [-0.15, -0.1) is 0 Å². The number of nitrogens with zero attached hydrogens (tertiary/aromatic N) is 2. The number of rotatable bonds is 5. The Balaban J connectivity index is 3.10. The highest BCUT2D eigenvalue weighted by atomic mass is 16.3. The van der Waals surface area contributed by atoms with Crippen molar-refractivity contribution in [1.82, 2.24) is 9.78 Å². The normalized spacial score (nSPS) is 13.4. The van der Waals surface area contributed by atoms with E-state index in [1.165, 1.54) is 0 Å². The van der Waals surface area contributed by atoms with Crippen LogP contribution in [0.3, 0.4) is 0 Å². The molecule has 0 spiro atoms. The maximum Gasteiger partial charge on any atom is 0.160 e. The number of aromatic nitrogens is 2. The average molecular weight is 224 g/mol. The van der Waals surface area contributed by atoms with E-state index in [1.54, 1.807) is 0 Å². The number of hydrogen-bond acceptors (Lipinski definition) is 2. The Labute approximate surface area is 98.5 Å². The molecule has 1 atom stereocenters. The second-order valence-electron chi connectivity index (χ2n) is 4.90. The third-order valence-corrected chi connectivity index (χ3v) is 3.04. The molecule has 0 bridgehead atoms. The van der Waals surface area contributed by atoms with Crippen LogP contribution in [0.1, 0.15) is 58.3 Å². The van der Waals surface area contributed by atoms with Gasteiger partial charge >= 0.3 is 0 Å².